The van der Waals surface area contributed by atoms with E-state index in [1.807, 2.05) is 11.3 Å². The first-order valence-electron chi connectivity index (χ1n) is 19.4. The quantitative estimate of drug-likeness (QED) is 0.181. The van der Waals surface area contributed by atoms with Crippen molar-refractivity contribution in [3.8, 4) is 22.6 Å². The van der Waals surface area contributed by atoms with Crippen LogP contribution in [0.4, 0.5) is 17.1 Å². The van der Waals surface area contributed by atoms with Crippen molar-refractivity contribution >= 4 is 59.3 Å². The molecule has 3 heteroatoms. The van der Waals surface area contributed by atoms with Gasteiger partial charge < -0.3 is 9.64 Å². The van der Waals surface area contributed by atoms with E-state index in [1.165, 1.54) is 96.7 Å². The Kier molecular flexibility index (Phi) is 6.43. The van der Waals surface area contributed by atoms with Gasteiger partial charge in [0.05, 0.1) is 5.69 Å². The predicted octanol–water partition coefficient (Wildman–Crippen LogP) is 14.2. The number of para-hydroxylation sites is 1. The summed E-state index contributed by atoms with van der Waals surface area (Å²) in [5, 5.41) is 5.17. The van der Waals surface area contributed by atoms with Gasteiger partial charge in [0.2, 0.25) is 0 Å². The Hall–Kier alpha value is -5.38. The molecule has 0 radical (unpaired) electrons. The van der Waals surface area contributed by atoms with Gasteiger partial charge in [0.1, 0.15) is 11.5 Å². The van der Waals surface area contributed by atoms with Gasteiger partial charge in [0, 0.05) is 53.5 Å². The normalized spacial score (nSPS) is 23.7. The lowest BCUT2D eigenvalue weighted by Gasteiger charge is -2.63. The number of thiophene rings is 1. The zero-order chi connectivity index (χ0) is 34.7. The first kappa shape index (κ1) is 30.1. The summed E-state index contributed by atoms with van der Waals surface area (Å²) in [6, 6.07) is 56.5. The van der Waals surface area contributed by atoms with Crippen LogP contribution in [0.15, 0.2) is 152 Å². The van der Waals surface area contributed by atoms with E-state index < -0.39 is 0 Å². The molecule has 53 heavy (non-hydrogen) atoms. The lowest BCUT2D eigenvalue weighted by molar-refractivity contribution is -0.0452. The van der Waals surface area contributed by atoms with E-state index in [2.05, 4.69) is 157 Å². The van der Waals surface area contributed by atoms with Gasteiger partial charge in [-0.15, -0.1) is 11.3 Å². The van der Waals surface area contributed by atoms with Crippen LogP contribution in [0.5, 0.6) is 11.5 Å². The van der Waals surface area contributed by atoms with Crippen LogP contribution in [-0.4, -0.2) is 0 Å². The minimum atomic E-state index is -0.00682. The second-order valence-electron chi connectivity index (χ2n) is 16.1. The van der Waals surface area contributed by atoms with Crippen molar-refractivity contribution in [2.24, 2.45) is 23.7 Å². The maximum Gasteiger partial charge on any atom is 0.131 e. The van der Waals surface area contributed by atoms with Crippen LogP contribution in [0.1, 0.15) is 43.2 Å². The molecule has 1 spiro atoms. The molecule has 2 nitrogen and oxygen atoms in total. The molecular formula is C50H39NOS. The number of hydrogen-bond acceptors (Lipinski definition) is 3. The first-order valence-corrected chi connectivity index (χ1v) is 20.2. The lowest BCUT2D eigenvalue weighted by Crippen LogP contribution is -2.57. The largest absolute Gasteiger partial charge is 0.457 e. The third-order valence-electron chi connectivity index (χ3n) is 13.5. The highest BCUT2D eigenvalue weighted by Gasteiger charge is 2.61. The van der Waals surface area contributed by atoms with Crippen molar-refractivity contribution in [1.82, 2.24) is 0 Å². The van der Waals surface area contributed by atoms with Gasteiger partial charge in [-0.05, 0) is 127 Å². The molecule has 1 aliphatic heterocycles. The Bertz CT molecular complexity index is 2710. The molecule has 4 bridgehead atoms. The second-order valence-corrected chi connectivity index (χ2v) is 17.2. The van der Waals surface area contributed by atoms with Crippen molar-refractivity contribution in [3.63, 3.8) is 0 Å². The Morgan fingerprint density at radius 2 is 1.15 bits per heavy atom. The summed E-state index contributed by atoms with van der Waals surface area (Å²) in [7, 11) is 0. The van der Waals surface area contributed by atoms with E-state index in [1.54, 1.807) is 0 Å². The molecule has 2 heterocycles. The molecule has 0 N–H and O–H groups in total. The van der Waals surface area contributed by atoms with Crippen LogP contribution < -0.4 is 9.64 Å². The Labute approximate surface area is 314 Å². The van der Waals surface area contributed by atoms with Gasteiger partial charge >= 0.3 is 0 Å². The number of anilines is 3. The van der Waals surface area contributed by atoms with Crippen LogP contribution in [-0.2, 0) is 5.41 Å². The molecule has 4 saturated carbocycles. The highest BCUT2D eigenvalue weighted by atomic mass is 32.1. The third-order valence-corrected chi connectivity index (χ3v) is 14.6. The summed E-state index contributed by atoms with van der Waals surface area (Å²) in [6.45, 7) is 0. The molecule has 0 saturated heterocycles. The number of fused-ring (bicyclic) bond motifs is 6. The fourth-order valence-electron chi connectivity index (χ4n) is 11.6. The van der Waals surface area contributed by atoms with E-state index in [4.69, 9.17) is 4.74 Å². The molecule has 5 aliphatic rings. The van der Waals surface area contributed by atoms with E-state index >= 15 is 0 Å². The zero-order valence-corrected chi connectivity index (χ0v) is 30.4. The number of nitrogens with zero attached hydrogens (tertiary/aromatic N) is 1. The summed E-state index contributed by atoms with van der Waals surface area (Å²) in [4.78, 5) is 2.49. The van der Waals surface area contributed by atoms with Crippen LogP contribution >= 0.6 is 11.3 Å². The van der Waals surface area contributed by atoms with Crippen LogP contribution in [0.25, 0.3) is 42.1 Å². The maximum absolute atomic E-state index is 6.82. The molecule has 0 atom stereocenters. The molecule has 0 unspecified atom stereocenters. The lowest BCUT2D eigenvalue weighted by atomic mass is 9.42. The number of hydrogen-bond donors (Lipinski definition) is 0. The highest BCUT2D eigenvalue weighted by Crippen LogP contribution is 2.69. The van der Waals surface area contributed by atoms with Crippen molar-refractivity contribution < 1.29 is 4.74 Å². The fraction of sp³-hybridized carbons (Fsp3) is 0.200. The van der Waals surface area contributed by atoms with Crippen molar-refractivity contribution in [2.45, 2.75) is 37.5 Å². The molecule has 4 aliphatic carbocycles. The molecule has 8 aromatic rings. The zero-order valence-electron chi connectivity index (χ0n) is 29.5. The van der Waals surface area contributed by atoms with Gasteiger partial charge in [0.25, 0.3) is 0 Å². The first-order chi connectivity index (χ1) is 26.2. The standard InChI is InChI=1S/C50H39NOS/c1-2-10-40-34(8-1)9-7-13-45(40)51(38-19-16-33(17-20-38)35-18-22-42-41-11-3-6-15-48(41)53-49(42)29-35)39-21-23-47-44(30-39)50(43-12-4-5-14-46(43)52-47)36-25-31-24-32(27-36)28-37(50)26-31/h1-23,29-32,36-37H,24-28H2. The minimum absolute atomic E-state index is 0.00682. The molecular weight excluding hydrogens is 663 g/mol. The monoisotopic (exact) mass is 701 g/mol. The van der Waals surface area contributed by atoms with Gasteiger partial charge in [-0.1, -0.05) is 97.1 Å². The molecule has 1 aromatic heterocycles. The predicted molar refractivity (Wildman–Crippen MR) is 221 cm³/mol. The number of benzene rings is 7. The van der Waals surface area contributed by atoms with Crippen molar-refractivity contribution in [2.75, 3.05) is 4.90 Å². The highest BCUT2D eigenvalue weighted by molar-refractivity contribution is 7.25. The van der Waals surface area contributed by atoms with Gasteiger partial charge in [-0.3, -0.25) is 0 Å². The summed E-state index contributed by atoms with van der Waals surface area (Å²) in [6.07, 6.45) is 6.80. The average Bonchev–Trinajstić information content (AvgIpc) is 3.58. The van der Waals surface area contributed by atoms with Crippen LogP contribution in [0.3, 0.4) is 0 Å². The van der Waals surface area contributed by atoms with Gasteiger partial charge in [0.15, 0.2) is 0 Å². The van der Waals surface area contributed by atoms with Gasteiger partial charge in [-0.2, -0.15) is 0 Å². The summed E-state index contributed by atoms with van der Waals surface area (Å²) in [5.41, 5.74) is 8.84. The Morgan fingerprint density at radius 3 is 2.00 bits per heavy atom. The molecule has 0 amide bonds. The molecule has 7 aromatic carbocycles. The Morgan fingerprint density at radius 1 is 0.491 bits per heavy atom. The van der Waals surface area contributed by atoms with Crippen LogP contribution in [0.2, 0.25) is 0 Å². The van der Waals surface area contributed by atoms with Crippen LogP contribution in [0, 0.1) is 23.7 Å². The maximum atomic E-state index is 6.82. The van der Waals surface area contributed by atoms with Crippen molar-refractivity contribution in [1.29, 1.82) is 0 Å². The summed E-state index contributed by atoms with van der Waals surface area (Å²) >= 11 is 1.88. The second kappa shape index (κ2) is 11.3. The molecule has 256 valence electrons. The average molecular weight is 702 g/mol. The topological polar surface area (TPSA) is 12.5 Å². The van der Waals surface area contributed by atoms with E-state index in [0.717, 1.165) is 29.0 Å². The van der Waals surface area contributed by atoms with E-state index in [-0.39, 0.29) is 5.41 Å². The number of rotatable bonds is 4. The minimum Gasteiger partial charge on any atom is -0.457 e. The van der Waals surface area contributed by atoms with Crippen molar-refractivity contribution in [3.05, 3.63) is 163 Å². The molecule has 4 fully saturated rings. The van der Waals surface area contributed by atoms with E-state index in [9.17, 15) is 0 Å². The summed E-state index contributed by atoms with van der Waals surface area (Å²) in [5.74, 6) is 5.19. The van der Waals surface area contributed by atoms with Gasteiger partial charge in [-0.25, -0.2) is 0 Å². The SMILES string of the molecule is c1ccc2c(c1)Oc1ccc(N(c3ccc(-c4ccc5c(c4)sc4ccccc45)cc3)c3cccc4ccccc34)cc1C21C2CC3CC(C2)CC1C3. The number of ether oxygens (including phenoxy) is 1. The fourth-order valence-corrected chi connectivity index (χ4v) is 12.7. The smallest absolute Gasteiger partial charge is 0.131 e. The van der Waals surface area contributed by atoms with E-state index in [0.29, 0.717) is 11.8 Å². The Balaban J connectivity index is 1.02. The third kappa shape index (κ3) is 4.38. The summed E-state index contributed by atoms with van der Waals surface area (Å²) < 4.78 is 9.50. The molecule has 13 rings (SSSR count).